The number of hydrogen-bond acceptors (Lipinski definition) is 6. The van der Waals surface area contributed by atoms with Crippen LogP contribution in [0.1, 0.15) is 10.4 Å². The molecule has 0 radical (unpaired) electrons. The summed E-state index contributed by atoms with van der Waals surface area (Å²) in [5, 5.41) is 2.29. The van der Waals surface area contributed by atoms with Crippen molar-refractivity contribution in [3.8, 4) is 11.5 Å². The predicted molar refractivity (Wildman–Crippen MR) is 115 cm³/mol. The minimum absolute atomic E-state index is 0.177. The molecule has 0 aliphatic heterocycles. The third-order valence-corrected chi connectivity index (χ3v) is 4.42. The SMILES string of the molecule is CN(C)CCOC(=O)C(=O)c1ccc(OCCOc2ccc3ccccc3c2)cc1. The van der Waals surface area contributed by atoms with Crippen LogP contribution in [0.25, 0.3) is 10.8 Å². The van der Waals surface area contributed by atoms with Gasteiger partial charge in [-0.2, -0.15) is 0 Å². The lowest BCUT2D eigenvalue weighted by Gasteiger charge is -2.10. The van der Waals surface area contributed by atoms with Crippen molar-refractivity contribution in [2.24, 2.45) is 0 Å². The number of fused-ring (bicyclic) bond motifs is 1. The third-order valence-electron chi connectivity index (χ3n) is 4.42. The number of rotatable bonds is 10. The van der Waals surface area contributed by atoms with Gasteiger partial charge < -0.3 is 19.1 Å². The molecule has 0 saturated carbocycles. The molecule has 3 rings (SSSR count). The van der Waals surface area contributed by atoms with Crippen LogP contribution in [-0.2, 0) is 9.53 Å². The van der Waals surface area contributed by atoms with E-state index in [9.17, 15) is 9.59 Å². The molecule has 0 spiro atoms. The molecule has 0 unspecified atom stereocenters. The molecule has 0 amide bonds. The highest BCUT2D eigenvalue weighted by molar-refractivity contribution is 6.40. The van der Waals surface area contributed by atoms with Crippen LogP contribution in [0.3, 0.4) is 0 Å². The number of ether oxygens (including phenoxy) is 3. The summed E-state index contributed by atoms with van der Waals surface area (Å²) >= 11 is 0. The Hall–Kier alpha value is -3.38. The summed E-state index contributed by atoms with van der Waals surface area (Å²) in [5.41, 5.74) is 0.268. The summed E-state index contributed by atoms with van der Waals surface area (Å²) in [6.07, 6.45) is 0. The highest BCUT2D eigenvalue weighted by Crippen LogP contribution is 2.20. The first-order valence-corrected chi connectivity index (χ1v) is 9.73. The Morgan fingerprint density at radius 3 is 2.10 bits per heavy atom. The Morgan fingerprint density at radius 1 is 0.767 bits per heavy atom. The molecule has 0 saturated heterocycles. The van der Waals surface area contributed by atoms with Gasteiger partial charge in [0, 0.05) is 12.1 Å². The Kier molecular flexibility index (Phi) is 7.40. The maximum Gasteiger partial charge on any atom is 0.379 e. The lowest BCUT2D eigenvalue weighted by atomic mass is 10.1. The van der Waals surface area contributed by atoms with Gasteiger partial charge in [-0.15, -0.1) is 0 Å². The molecule has 6 nitrogen and oxygen atoms in total. The topological polar surface area (TPSA) is 65.1 Å². The van der Waals surface area contributed by atoms with E-state index in [4.69, 9.17) is 14.2 Å². The van der Waals surface area contributed by atoms with Gasteiger partial charge in [0.15, 0.2) is 0 Å². The van der Waals surface area contributed by atoms with Gasteiger partial charge in [0.1, 0.15) is 31.3 Å². The average molecular weight is 407 g/mol. The normalized spacial score (nSPS) is 10.8. The van der Waals surface area contributed by atoms with Crippen LogP contribution in [0, 0.1) is 0 Å². The van der Waals surface area contributed by atoms with E-state index in [1.165, 1.54) is 0 Å². The summed E-state index contributed by atoms with van der Waals surface area (Å²) in [6, 6.07) is 20.4. The molecule has 30 heavy (non-hydrogen) atoms. The minimum Gasteiger partial charge on any atom is -0.490 e. The smallest absolute Gasteiger partial charge is 0.379 e. The first kappa shape index (κ1) is 21.3. The maximum absolute atomic E-state index is 12.1. The fraction of sp³-hybridized carbons (Fsp3) is 0.250. The summed E-state index contributed by atoms with van der Waals surface area (Å²) in [5.74, 6) is -0.144. The van der Waals surface area contributed by atoms with Crippen molar-refractivity contribution in [1.29, 1.82) is 0 Å². The predicted octanol–water partition coefficient (Wildman–Crippen LogP) is 3.59. The van der Waals surface area contributed by atoms with Crippen LogP contribution in [0.2, 0.25) is 0 Å². The molecular weight excluding hydrogens is 382 g/mol. The van der Waals surface area contributed by atoms with Gasteiger partial charge in [0.05, 0.1) is 0 Å². The first-order valence-electron chi connectivity index (χ1n) is 9.73. The van der Waals surface area contributed by atoms with E-state index in [2.05, 4.69) is 6.07 Å². The summed E-state index contributed by atoms with van der Waals surface area (Å²) < 4.78 is 16.4. The molecule has 0 N–H and O–H groups in total. The van der Waals surface area contributed by atoms with Crippen molar-refractivity contribution in [2.45, 2.75) is 0 Å². The van der Waals surface area contributed by atoms with E-state index in [-0.39, 0.29) is 12.2 Å². The number of carbonyl (C=O) groups is 2. The zero-order valence-corrected chi connectivity index (χ0v) is 17.2. The van der Waals surface area contributed by atoms with E-state index >= 15 is 0 Å². The number of hydrogen-bond donors (Lipinski definition) is 0. The molecule has 0 aromatic heterocycles. The van der Waals surface area contributed by atoms with Crippen LogP contribution in [0.15, 0.2) is 66.7 Å². The first-order chi connectivity index (χ1) is 14.5. The van der Waals surface area contributed by atoms with E-state index in [1.807, 2.05) is 55.4 Å². The Bertz CT molecular complexity index is 998. The summed E-state index contributed by atoms with van der Waals surface area (Å²) in [7, 11) is 3.72. The van der Waals surface area contributed by atoms with Gasteiger partial charge in [-0.1, -0.05) is 30.3 Å². The molecular formula is C24H25NO5. The van der Waals surface area contributed by atoms with Crippen LogP contribution in [0.5, 0.6) is 11.5 Å². The van der Waals surface area contributed by atoms with Crippen LogP contribution in [-0.4, -0.2) is 57.1 Å². The molecule has 0 aliphatic rings. The van der Waals surface area contributed by atoms with Gasteiger partial charge in [-0.05, 0) is 61.3 Å². The number of esters is 1. The van der Waals surface area contributed by atoms with Gasteiger partial charge in [0.25, 0.3) is 5.78 Å². The van der Waals surface area contributed by atoms with E-state index in [1.54, 1.807) is 24.3 Å². The Morgan fingerprint density at radius 2 is 1.40 bits per heavy atom. The quantitative estimate of drug-likeness (QED) is 0.222. The van der Waals surface area contributed by atoms with Gasteiger partial charge >= 0.3 is 5.97 Å². The van der Waals surface area contributed by atoms with Crippen molar-refractivity contribution in [1.82, 2.24) is 4.90 Å². The number of carbonyl (C=O) groups excluding carboxylic acids is 2. The van der Waals surface area contributed by atoms with E-state index < -0.39 is 11.8 Å². The lowest BCUT2D eigenvalue weighted by Crippen LogP contribution is -2.24. The van der Waals surface area contributed by atoms with Crippen molar-refractivity contribution in [3.63, 3.8) is 0 Å². The number of likely N-dealkylation sites (N-methyl/N-ethyl adjacent to an activating group) is 1. The highest BCUT2D eigenvalue weighted by Gasteiger charge is 2.17. The molecule has 0 atom stereocenters. The molecule has 6 heteroatoms. The van der Waals surface area contributed by atoms with E-state index in [0.717, 1.165) is 16.5 Å². The van der Waals surface area contributed by atoms with Crippen molar-refractivity contribution < 1.29 is 23.8 Å². The monoisotopic (exact) mass is 407 g/mol. The number of ketones is 1. The molecule has 156 valence electrons. The van der Waals surface area contributed by atoms with Crippen molar-refractivity contribution in [3.05, 3.63) is 72.3 Å². The third kappa shape index (κ3) is 6.06. The van der Waals surface area contributed by atoms with Crippen LogP contribution in [0.4, 0.5) is 0 Å². The number of nitrogens with zero attached hydrogens (tertiary/aromatic N) is 1. The van der Waals surface area contributed by atoms with Gasteiger partial charge in [-0.25, -0.2) is 4.79 Å². The molecule has 3 aromatic carbocycles. The molecule has 0 bridgehead atoms. The molecule has 3 aromatic rings. The lowest BCUT2D eigenvalue weighted by molar-refractivity contribution is -0.138. The standard InChI is InChI=1S/C24H25NO5/c1-25(2)13-14-30-24(27)23(26)19-8-10-21(11-9-19)28-15-16-29-22-12-7-18-5-3-4-6-20(18)17-22/h3-12,17H,13-16H2,1-2H3. The zero-order chi connectivity index (χ0) is 21.3. The maximum atomic E-state index is 12.1. The minimum atomic E-state index is -0.852. The zero-order valence-electron chi connectivity index (χ0n) is 17.2. The average Bonchev–Trinajstić information content (AvgIpc) is 2.76. The van der Waals surface area contributed by atoms with Crippen molar-refractivity contribution in [2.75, 3.05) is 40.5 Å². The van der Waals surface area contributed by atoms with E-state index in [0.29, 0.717) is 25.5 Å². The van der Waals surface area contributed by atoms with Gasteiger partial charge in [-0.3, -0.25) is 4.79 Å². The molecule has 0 aliphatic carbocycles. The fourth-order valence-electron chi connectivity index (χ4n) is 2.78. The largest absolute Gasteiger partial charge is 0.490 e. The summed E-state index contributed by atoms with van der Waals surface area (Å²) in [6.45, 7) is 1.48. The van der Waals surface area contributed by atoms with Crippen LogP contribution < -0.4 is 9.47 Å². The Labute approximate surface area is 176 Å². The fourth-order valence-corrected chi connectivity index (χ4v) is 2.78. The molecule has 0 heterocycles. The second-order valence-electron chi connectivity index (χ2n) is 7.00. The summed E-state index contributed by atoms with van der Waals surface area (Å²) in [4.78, 5) is 25.8. The second-order valence-corrected chi connectivity index (χ2v) is 7.00. The van der Waals surface area contributed by atoms with Crippen molar-refractivity contribution >= 4 is 22.5 Å². The van der Waals surface area contributed by atoms with Gasteiger partial charge in [0.2, 0.25) is 0 Å². The number of Topliss-reactive ketones (excluding diaryl/α,β-unsaturated/α-hetero) is 1. The number of benzene rings is 3. The Balaban J connectivity index is 1.43. The highest BCUT2D eigenvalue weighted by atomic mass is 16.5. The molecule has 0 fully saturated rings. The second kappa shape index (κ2) is 10.4. The van der Waals surface area contributed by atoms with Crippen LogP contribution >= 0.6 is 0 Å².